The lowest BCUT2D eigenvalue weighted by atomic mass is 10.2. The highest BCUT2D eigenvalue weighted by molar-refractivity contribution is 5.78. The minimum Gasteiger partial charge on any atom is -0.352 e. The smallest absolute Gasteiger partial charge is 0.234 e. The number of carbonyl (C=O) groups excluding carboxylic acids is 1. The van der Waals surface area contributed by atoms with Crippen molar-refractivity contribution >= 4 is 5.91 Å². The Labute approximate surface area is 109 Å². The van der Waals surface area contributed by atoms with Gasteiger partial charge in [-0.3, -0.25) is 9.69 Å². The molecule has 0 radical (unpaired) electrons. The molecule has 0 bridgehead atoms. The summed E-state index contributed by atoms with van der Waals surface area (Å²) in [6.45, 7) is 8.43. The number of carbonyl (C=O) groups is 1. The Bertz CT molecular complexity index is 362. The van der Waals surface area contributed by atoms with E-state index < -0.39 is 0 Å². The molecule has 0 saturated carbocycles. The second-order valence-electron chi connectivity index (χ2n) is 4.29. The van der Waals surface area contributed by atoms with Crippen LogP contribution in [0.3, 0.4) is 0 Å². The van der Waals surface area contributed by atoms with E-state index in [9.17, 15) is 4.79 Å². The third-order valence-corrected chi connectivity index (χ3v) is 2.60. The first-order valence-corrected chi connectivity index (χ1v) is 6.40. The number of nitrogens with one attached hydrogen (secondary N) is 1. The predicted octanol–water partition coefficient (Wildman–Crippen LogP) is 2.20. The van der Waals surface area contributed by atoms with Gasteiger partial charge in [-0.15, -0.1) is 6.58 Å². The molecule has 0 aliphatic heterocycles. The highest BCUT2D eigenvalue weighted by Gasteiger charge is 2.09. The maximum Gasteiger partial charge on any atom is 0.234 e. The Hall–Kier alpha value is -1.61. The molecule has 0 aliphatic carbocycles. The van der Waals surface area contributed by atoms with Crippen LogP contribution in [0.4, 0.5) is 0 Å². The largest absolute Gasteiger partial charge is 0.352 e. The van der Waals surface area contributed by atoms with Crippen molar-refractivity contribution in [2.75, 3.05) is 19.6 Å². The third-order valence-electron chi connectivity index (χ3n) is 2.60. The molecule has 0 aromatic heterocycles. The molecule has 0 aliphatic rings. The van der Waals surface area contributed by atoms with Crippen LogP contribution in [-0.2, 0) is 11.3 Å². The number of benzene rings is 1. The maximum atomic E-state index is 11.7. The van der Waals surface area contributed by atoms with Crippen LogP contribution in [0, 0.1) is 0 Å². The van der Waals surface area contributed by atoms with Crippen LogP contribution in [0.1, 0.15) is 18.9 Å². The van der Waals surface area contributed by atoms with Crippen LogP contribution >= 0.6 is 0 Å². The fraction of sp³-hybridized carbons (Fsp3) is 0.400. The van der Waals surface area contributed by atoms with Gasteiger partial charge in [0.2, 0.25) is 5.91 Å². The van der Waals surface area contributed by atoms with Gasteiger partial charge in [0.25, 0.3) is 0 Å². The summed E-state index contributed by atoms with van der Waals surface area (Å²) in [5, 5.41) is 2.81. The van der Waals surface area contributed by atoms with E-state index in [4.69, 9.17) is 0 Å². The summed E-state index contributed by atoms with van der Waals surface area (Å²) in [4.78, 5) is 13.8. The van der Waals surface area contributed by atoms with Gasteiger partial charge in [-0.2, -0.15) is 0 Å². The molecular formula is C15H22N2O. The Kier molecular flexibility index (Phi) is 6.81. The Morgan fingerprint density at radius 2 is 2.11 bits per heavy atom. The molecule has 0 unspecified atom stereocenters. The summed E-state index contributed by atoms with van der Waals surface area (Å²) in [7, 11) is 0. The molecule has 0 spiro atoms. The van der Waals surface area contributed by atoms with Gasteiger partial charge in [-0.25, -0.2) is 0 Å². The molecular weight excluding hydrogens is 224 g/mol. The van der Waals surface area contributed by atoms with Crippen molar-refractivity contribution in [1.29, 1.82) is 0 Å². The monoisotopic (exact) mass is 246 g/mol. The molecule has 0 atom stereocenters. The molecule has 3 heteroatoms. The first kappa shape index (κ1) is 14.5. The lowest BCUT2D eigenvalue weighted by Gasteiger charge is -2.21. The number of hydrogen-bond acceptors (Lipinski definition) is 2. The van der Waals surface area contributed by atoms with Gasteiger partial charge in [0.05, 0.1) is 6.54 Å². The molecule has 3 nitrogen and oxygen atoms in total. The zero-order valence-corrected chi connectivity index (χ0v) is 11.1. The van der Waals surface area contributed by atoms with Crippen LogP contribution in [0.15, 0.2) is 43.0 Å². The Morgan fingerprint density at radius 1 is 1.39 bits per heavy atom. The van der Waals surface area contributed by atoms with E-state index in [0.29, 0.717) is 13.1 Å². The van der Waals surface area contributed by atoms with Crippen LogP contribution in [0.25, 0.3) is 0 Å². The third kappa shape index (κ3) is 5.64. The van der Waals surface area contributed by atoms with Gasteiger partial charge < -0.3 is 5.32 Å². The normalized spacial score (nSPS) is 10.3. The second-order valence-corrected chi connectivity index (χ2v) is 4.29. The number of amides is 1. The summed E-state index contributed by atoms with van der Waals surface area (Å²) >= 11 is 0. The molecule has 1 aromatic rings. The molecule has 1 aromatic carbocycles. The van der Waals surface area contributed by atoms with Gasteiger partial charge >= 0.3 is 0 Å². The van der Waals surface area contributed by atoms with Gasteiger partial charge in [0.15, 0.2) is 0 Å². The quantitative estimate of drug-likeness (QED) is 0.713. The fourth-order valence-corrected chi connectivity index (χ4v) is 1.82. The van der Waals surface area contributed by atoms with E-state index in [2.05, 4.69) is 35.9 Å². The molecule has 0 fully saturated rings. The minimum atomic E-state index is 0.0549. The van der Waals surface area contributed by atoms with Crippen molar-refractivity contribution in [1.82, 2.24) is 10.2 Å². The first-order valence-electron chi connectivity index (χ1n) is 6.40. The average Bonchev–Trinajstić information content (AvgIpc) is 2.38. The number of nitrogens with zero attached hydrogens (tertiary/aromatic N) is 1. The average molecular weight is 246 g/mol. The van der Waals surface area contributed by atoms with Gasteiger partial charge in [-0.1, -0.05) is 43.3 Å². The summed E-state index contributed by atoms with van der Waals surface area (Å²) in [5.41, 5.74) is 1.24. The standard InChI is InChI=1S/C15H22N2O/c1-3-10-16-15(18)13-17(11-4-2)12-14-8-6-5-7-9-14/h3,5-9H,1,4,10-13H2,2H3,(H,16,18). The van der Waals surface area contributed by atoms with E-state index >= 15 is 0 Å². The molecule has 0 saturated heterocycles. The summed E-state index contributed by atoms with van der Waals surface area (Å²) in [6.07, 6.45) is 2.74. The van der Waals surface area contributed by atoms with Crippen LogP contribution in [-0.4, -0.2) is 30.4 Å². The highest BCUT2D eigenvalue weighted by atomic mass is 16.2. The van der Waals surface area contributed by atoms with E-state index in [1.807, 2.05) is 18.2 Å². The summed E-state index contributed by atoms with van der Waals surface area (Å²) in [6, 6.07) is 10.2. The SMILES string of the molecule is C=CCNC(=O)CN(CCC)Cc1ccccc1. The lowest BCUT2D eigenvalue weighted by Crippen LogP contribution is -2.37. The Morgan fingerprint density at radius 3 is 2.72 bits per heavy atom. The molecule has 0 heterocycles. The zero-order valence-electron chi connectivity index (χ0n) is 11.1. The van der Waals surface area contributed by atoms with Gasteiger partial charge in [-0.05, 0) is 18.5 Å². The Balaban J connectivity index is 2.49. The van der Waals surface area contributed by atoms with Crippen molar-refractivity contribution < 1.29 is 4.79 Å². The molecule has 1 rings (SSSR count). The number of hydrogen-bond donors (Lipinski definition) is 1. The van der Waals surface area contributed by atoms with Crippen LogP contribution < -0.4 is 5.32 Å². The summed E-state index contributed by atoms with van der Waals surface area (Å²) < 4.78 is 0. The van der Waals surface area contributed by atoms with Crippen molar-refractivity contribution in [3.05, 3.63) is 48.6 Å². The maximum absolute atomic E-state index is 11.7. The van der Waals surface area contributed by atoms with E-state index in [1.165, 1.54) is 5.56 Å². The topological polar surface area (TPSA) is 32.3 Å². The fourth-order valence-electron chi connectivity index (χ4n) is 1.82. The minimum absolute atomic E-state index is 0.0549. The summed E-state index contributed by atoms with van der Waals surface area (Å²) in [5.74, 6) is 0.0549. The van der Waals surface area contributed by atoms with E-state index in [-0.39, 0.29) is 5.91 Å². The van der Waals surface area contributed by atoms with Crippen molar-refractivity contribution in [3.63, 3.8) is 0 Å². The van der Waals surface area contributed by atoms with E-state index in [1.54, 1.807) is 6.08 Å². The molecule has 98 valence electrons. The van der Waals surface area contributed by atoms with Crippen LogP contribution in [0.2, 0.25) is 0 Å². The molecule has 18 heavy (non-hydrogen) atoms. The van der Waals surface area contributed by atoms with Crippen LogP contribution in [0.5, 0.6) is 0 Å². The van der Waals surface area contributed by atoms with Gasteiger partial charge in [0.1, 0.15) is 0 Å². The van der Waals surface area contributed by atoms with Crippen molar-refractivity contribution in [3.8, 4) is 0 Å². The first-order chi connectivity index (χ1) is 8.76. The molecule has 1 N–H and O–H groups in total. The van der Waals surface area contributed by atoms with Crippen molar-refractivity contribution in [2.24, 2.45) is 0 Å². The zero-order chi connectivity index (χ0) is 13.2. The van der Waals surface area contributed by atoms with Gasteiger partial charge in [0, 0.05) is 13.1 Å². The number of rotatable bonds is 8. The molecule has 1 amide bonds. The van der Waals surface area contributed by atoms with E-state index in [0.717, 1.165) is 19.5 Å². The lowest BCUT2D eigenvalue weighted by molar-refractivity contribution is -0.122. The second kappa shape index (κ2) is 8.48. The predicted molar refractivity (Wildman–Crippen MR) is 75.2 cm³/mol. The highest BCUT2D eigenvalue weighted by Crippen LogP contribution is 2.04. The van der Waals surface area contributed by atoms with Crippen molar-refractivity contribution in [2.45, 2.75) is 19.9 Å².